The van der Waals surface area contributed by atoms with Crippen molar-refractivity contribution in [2.75, 3.05) is 31.1 Å². The van der Waals surface area contributed by atoms with E-state index in [4.69, 9.17) is 4.74 Å². The first-order valence-corrected chi connectivity index (χ1v) is 10.9. The van der Waals surface area contributed by atoms with E-state index in [1.807, 2.05) is 11.0 Å². The number of cyclic esters (lactones) is 1. The Hall–Kier alpha value is -2.32. The average Bonchev–Trinajstić information content (AvgIpc) is 3.45. The van der Waals surface area contributed by atoms with Crippen molar-refractivity contribution in [3.63, 3.8) is 0 Å². The van der Waals surface area contributed by atoms with Crippen LogP contribution >= 0.6 is 11.7 Å². The van der Waals surface area contributed by atoms with Crippen molar-refractivity contribution < 1.29 is 14.3 Å². The summed E-state index contributed by atoms with van der Waals surface area (Å²) in [6.45, 7) is 6.09. The van der Waals surface area contributed by atoms with E-state index in [1.165, 1.54) is 11.1 Å². The van der Waals surface area contributed by atoms with Crippen molar-refractivity contribution in [1.82, 2.24) is 13.6 Å². The normalized spacial score (nSPS) is 21.1. The molecule has 1 amide bonds. The number of rotatable bonds is 4. The van der Waals surface area contributed by atoms with Gasteiger partial charge in [-0.15, -0.1) is 0 Å². The van der Waals surface area contributed by atoms with Crippen LogP contribution in [-0.2, 0) is 22.6 Å². The van der Waals surface area contributed by atoms with E-state index in [0.717, 1.165) is 69.2 Å². The summed E-state index contributed by atoms with van der Waals surface area (Å²) in [5.41, 5.74) is 3.99. The SMILES string of the molecule is Cc1c(CCN2CCC3(CC2)CCN(c2cnsn2)C3=O)ccc2c1COC2=O. The molecule has 8 heteroatoms. The number of esters is 1. The molecule has 3 aliphatic heterocycles. The number of carbonyl (C=O) groups is 2. The molecule has 0 unspecified atom stereocenters. The van der Waals surface area contributed by atoms with Gasteiger partial charge in [0.25, 0.3) is 0 Å². The van der Waals surface area contributed by atoms with Gasteiger partial charge in [0, 0.05) is 18.7 Å². The summed E-state index contributed by atoms with van der Waals surface area (Å²) in [4.78, 5) is 29.0. The zero-order valence-electron chi connectivity index (χ0n) is 16.5. The molecule has 0 saturated carbocycles. The Morgan fingerprint density at radius 1 is 1.17 bits per heavy atom. The molecule has 0 N–H and O–H groups in total. The molecule has 1 spiro atoms. The molecule has 1 aromatic carbocycles. The Morgan fingerprint density at radius 3 is 2.72 bits per heavy atom. The fourth-order valence-corrected chi connectivity index (χ4v) is 5.35. The summed E-state index contributed by atoms with van der Waals surface area (Å²) in [7, 11) is 0. The highest BCUT2D eigenvalue weighted by atomic mass is 32.1. The fourth-order valence-electron chi connectivity index (χ4n) is 4.93. The second kappa shape index (κ2) is 7.18. The van der Waals surface area contributed by atoms with E-state index in [9.17, 15) is 9.59 Å². The van der Waals surface area contributed by atoms with Crippen LogP contribution in [0.15, 0.2) is 18.3 Å². The molecule has 152 valence electrons. The second-order valence-corrected chi connectivity index (χ2v) is 8.85. The number of aromatic nitrogens is 2. The van der Waals surface area contributed by atoms with Crippen LogP contribution in [0.25, 0.3) is 0 Å². The lowest BCUT2D eigenvalue weighted by atomic mass is 9.77. The van der Waals surface area contributed by atoms with Crippen LogP contribution in [0.5, 0.6) is 0 Å². The Labute approximate surface area is 174 Å². The third-order valence-corrected chi connectivity index (χ3v) is 7.40. The Balaban J connectivity index is 1.19. The zero-order valence-corrected chi connectivity index (χ0v) is 17.3. The molecule has 1 aromatic heterocycles. The molecule has 0 aliphatic carbocycles. The van der Waals surface area contributed by atoms with Crippen molar-refractivity contribution in [3.05, 3.63) is 40.6 Å². The van der Waals surface area contributed by atoms with Crippen LogP contribution in [0.3, 0.4) is 0 Å². The molecule has 0 bridgehead atoms. The van der Waals surface area contributed by atoms with E-state index in [0.29, 0.717) is 18.0 Å². The van der Waals surface area contributed by atoms with Gasteiger partial charge < -0.3 is 9.64 Å². The van der Waals surface area contributed by atoms with Crippen molar-refractivity contribution in [3.8, 4) is 0 Å². The first-order chi connectivity index (χ1) is 14.1. The Bertz CT molecular complexity index is 951. The molecular weight excluding hydrogens is 388 g/mol. The summed E-state index contributed by atoms with van der Waals surface area (Å²) < 4.78 is 13.4. The summed E-state index contributed by atoms with van der Waals surface area (Å²) in [6.07, 6.45) is 5.37. The van der Waals surface area contributed by atoms with Gasteiger partial charge in [-0.3, -0.25) is 9.69 Å². The molecule has 29 heavy (non-hydrogen) atoms. The molecule has 2 aromatic rings. The van der Waals surface area contributed by atoms with E-state index in [2.05, 4.69) is 26.6 Å². The van der Waals surface area contributed by atoms with Crippen molar-refractivity contribution in [2.45, 2.75) is 39.2 Å². The van der Waals surface area contributed by atoms with Gasteiger partial charge in [0.1, 0.15) is 6.61 Å². The van der Waals surface area contributed by atoms with E-state index in [-0.39, 0.29) is 17.3 Å². The predicted octanol–water partition coefficient (Wildman–Crippen LogP) is 2.58. The lowest BCUT2D eigenvalue weighted by molar-refractivity contribution is -0.128. The minimum atomic E-state index is -0.221. The minimum Gasteiger partial charge on any atom is -0.457 e. The first-order valence-electron chi connectivity index (χ1n) is 10.2. The first kappa shape index (κ1) is 18.7. The molecule has 2 fully saturated rings. The molecule has 0 radical (unpaired) electrons. The third-order valence-electron chi connectivity index (χ3n) is 6.93. The van der Waals surface area contributed by atoms with Crippen LogP contribution in [0, 0.1) is 12.3 Å². The van der Waals surface area contributed by atoms with Gasteiger partial charge >= 0.3 is 5.97 Å². The smallest absolute Gasteiger partial charge is 0.338 e. The highest BCUT2D eigenvalue weighted by molar-refractivity contribution is 6.99. The number of anilines is 1. The van der Waals surface area contributed by atoms with Gasteiger partial charge in [-0.1, -0.05) is 6.07 Å². The number of ether oxygens (including phenoxy) is 1. The van der Waals surface area contributed by atoms with Gasteiger partial charge in [-0.25, -0.2) is 4.79 Å². The number of piperidine rings is 1. The average molecular weight is 413 g/mol. The number of benzene rings is 1. The fraction of sp³-hybridized carbons (Fsp3) is 0.524. The van der Waals surface area contributed by atoms with Crippen molar-refractivity contribution in [2.24, 2.45) is 5.41 Å². The summed E-state index contributed by atoms with van der Waals surface area (Å²) in [6, 6.07) is 3.96. The van der Waals surface area contributed by atoms with Gasteiger partial charge in [0.2, 0.25) is 5.91 Å². The number of nitrogens with zero attached hydrogens (tertiary/aromatic N) is 4. The standard InChI is InChI=1S/C21H24N4O3S/c1-14-15(2-3-16-17(14)13-28-19(16)26)4-8-24-9-5-21(6-10-24)7-11-25(20(21)27)18-12-22-29-23-18/h2-3,12H,4-11,13H2,1H3. The number of fused-ring (bicyclic) bond motifs is 1. The summed E-state index contributed by atoms with van der Waals surface area (Å²) in [5.74, 6) is 0.720. The van der Waals surface area contributed by atoms with Crippen LogP contribution in [0.1, 0.15) is 46.3 Å². The van der Waals surface area contributed by atoms with Gasteiger partial charge in [0.05, 0.1) is 28.9 Å². The number of hydrogen-bond donors (Lipinski definition) is 0. The Kier molecular flexibility index (Phi) is 4.63. The molecule has 2 saturated heterocycles. The lowest BCUT2D eigenvalue weighted by Gasteiger charge is -2.37. The highest BCUT2D eigenvalue weighted by Gasteiger charge is 2.48. The molecule has 7 nitrogen and oxygen atoms in total. The number of carbonyl (C=O) groups excluding carboxylic acids is 2. The maximum absolute atomic E-state index is 13.1. The molecule has 4 heterocycles. The maximum Gasteiger partial charge on any atom is 0.338 e. The predicted molar refractivity (Wildman–Crippen MR) is 109 cm³/mol. The molecular formula is C21H24N4O3S. The molecule has 5 rings (SSSR count). The van der Waals surface area contributed by atoms with Crippen LogP contribution in [-0.4, -0.2) is 51.7 Å². The largest absolute Gasteiger partial charge is 0.457 e. The molecule has 0 atom stereocenters. The molecule has 3 aliphatic rings. The maximum atomic E-state index is 13.1. The number of hydrogen-bond acceptors (Lipinski definition) is 7. The summed E-state index contributed by atoms with van der Waals surface area (Å²) >= 11 is 1.15. The third kappa shape index (κ3) is 3.14. The second-order valence-electron chi connectivity index (χ2n) is 8.30. The number of amides is 1. The van der Waals surface area contributed by atoms with Gasteiger partial charge in [-0.05, 0) is 62.9 Å². The highest BCUT2D eigenvalue weighted by Crippen LogP contribution is 2.42. The van der Waals surface area contributed by atoms with Crippen LogP contribution < -0.4 is 4.90 Å². The zero-order chi connectivity index (χ0) is 20.0. The lowest BCUT2D eigenvalue weighted by Crippen LogP contribution is -2.45. The monoisotopic (exact) mass is 412 g/mol. The Morgan fingerprint density at radius 2 is 1.97 bits per heavy atom. The quantitative estimate of drug-likeness (QED) is 0.719. The van der Waals surface area contributed by atoms with Crippen LogP contribution in [0.4, 0.5) is 5.82 Å². The van der Waals surface area contributed by atoms with Gasteiger partial charge in [-0.2, -0.15) is 8.75 Å². The summed E-state index contributed by atoms with van der Waals surface area (Å²) in [5, 5.41) is 0. The van der Waals surface area contributed by atoms with Crippen LogP contribution in [0.2, 0.25) is 0 Å². The van der Waals surface area contributed by atoms with Crippen molar-refractivity contribution in [1.29, 1.82) is 0 Å². The van der Waals surface area contributed by atoms with Crippen molar-refractivity contribution >= 4 is 29.4 Å². The van der Waals surface area contributed by atoms with E-state index >= 15 is 0 Å². The minimum absolute atomic E-state index is 0.209. The van der Waals surface area contributed by atoms with Gasteiger partial charge in [0.15, 0.2) is 5.82 Å². The topological polar surface area (TPSA) is 75.6 Å². The van der Waals surface area contributed by atoms with E-state index in [1.54, 1.807) is 6.20 Å². The number of likely N-dealkylation sites (tertiary alicyclic amines) is 1. The van der Waals surface area contributed by atoms with E-state index < -0.39 is 0 Å².